The molecule has 0 heterocycles. The summed E-state index contributed by atoms with van der Waals surface area (Å²) in [5.41, 5.74) is 7.37. The van der Waals surface area contributed by atoms with Crippen LogP contribution in [0.1, 0.15) is 41.5 Å². The summed E-state index contributed by atoms with van der Waals surface area (Å²) in [5.74, 6) is 1.09. The molecule has 98 valence electrons. The van der Waals surface area contributed by atoms with Crippen molar-refractivity contribution in [2.45, 2.75) is 39.5 Å². The van der Waals surface area contributed by atoms with Crippen LogP contribution in [0.5, 0.6) is 5.75 Å². The van der Waals surface area contributed by atoms with E-state index in [9.17, 15) is 5.11 Å². The number of hydrogen-bond donors (Lipinski definition) is 1. The predicted molar refractivity (Wildman–Crippen MR) is 79.8 cm³/mol. The van der Waals surface area contributed by atoms with Crippen LogP contribution in [-0.2, 0) is 6.42 Å². The Bertz CT molecular complexity index is 617. The molecule has 0 amide bonds. The first-order valence-corrected chi connectivity index (χ1v) is 6.99. The van der Waals surface area contributed by atoms with Gasteiger partial charge in [0, 0.05) is 0 Å². The molecule has 0 aromatic heterocycles. The average Bonchev–Trinajstić information content (AvgIpc) is 2.77. The smallest absolute Gasteiger partial charge is 0.121 e. The van der Waals surface area contributed by atoms with Gasteiger partial charge in [0.15, 0.2) is 0 Å². The van der Waals surface area contributed by atoms with Gasteiger partial charge in [-0.1, -0.05) is 25.1 Å². The summed E-state index contributed by atoms with van der Waals surface area (Å²) in [6.45, 7) is 6.23. The summed E-state index contributed by atoms with van der Waals surface area (Å²) in [6.07, 6.45) is 2.48. The van der Waals surface area contributed by atoms with Crippen LogP contribution in [0.4, 0.5) is 0 Å². The molecule has 1 unspecified atom stereocenters. The fourth-order valence-corrected chi connectivity index (χ4v) is 3.11. The zero-order valence-electron chi connectivity index (χ0n) is 11.8. The quantitative estimate of drug-likeness (QED) is 0.778. The number of phenolic OH excluding ortho intramolecular Hbond substituents is 1. The molecule has 0 fully saturated rings. The maximum atomic E-state index is 9.87. The second-order valence-corrected chi connectivity index (χ2v) is 5.81. The van der Waals surface area contributed by atoms with Crippen LogP contribution in [0.2, 0.25) is 0 Å². The van der Waals surface area contributed by atoms with Crippen molar-refractivity contribution in [2.24, 2.45) is 0 Å². The van der Waals surface area contributed by atoms with Gasteiger partial charge in [0.1, 0.15) is 5.75 Å². The molecule has 1 aliphatic carbocycles. The van der Waals surface area contributed by atoms with E-state index in [2.05, 4.69) is 37.3 Å². The molecule has 0 spiro atoms. The van der Waals surface area contributed by atoms with Gasteiger partial charge in [-0.15, -0.1) is 0 Å². The number of benzene rings is 2. The third kappa shape index (κ3) is 2.03. The molecule has 1 N–H and O–H groups in total. The second-order valence-electron chi connectivity index (χ2n) is 5.81. The van der Waals surface area contributed by atoms with E-state index >= 15 is 0 Å². The lowest BCUT2D eigenvalue weighted by Crippen LogP contribution is -1.89. The van der Waals surface area contributed by atoms with Gasteiger partial charge in [0.05, 0.1) is 0 Å². The van der Waals surface area contributed by atoms with Crippen molar-refractivity contribution in [2.75, 3.05) is 0 Å². The van der Waals surface area contributed by atoms with E-state index in [0.717, 1.165) is 11.1 Å². The van der Waals surface area contributed by atoms with Crippen LogP contribution >= 0.6 is 0 Å². The Morgan fingerprint density at radius 1 is 1.00 bits per heavy atom. The molecular formula is C18H20O. The van der Waals surface area contributed by atoms with E-state index < -0.39 is 0 Å². The van der Waals surface area contributed by atoms with Gasteiger partial charge in [-0.25, -0.2) is 0 Å². The highest BCUT2D eigenvalue weighted by Crippen LogP contribution is 2.36. The van der Waals surface area contributed by atoms with Crippen molar-refractivity contribution < 1.29 is 5.11 Å². The standard InChI is InChI=1S/C18H20O/c1-11-4-5-14-6-7-15(10-17(11)14)16-8-12(2)18(19)13(3)9-16/h6-11,19H,4-5H2,1-3H3. The fraction of sp³-hybridized carbons (Fsp3) is 0.333. The predicted octanol–water partition coefficient (Wildman–Crippen LogP) is 4.73. The van der Waals surface area contributed by atoms with Crippen LogP contribution in [0.25, 0.3) is 11.1 Å². The van der Waals surface area contributed by atoms with Crippen molar-refractivity contribution in [3.05, 3.63) is 52.6 Å². The normalized spacial score (nSPS) is 17.5. The van der Waals surface area contributed by atoms with Gasteiger partial charge in [-0.3, -0.25) is 0 Å². The van der Waals surface area contributed by atoms with Crippen LogP contribution in [-0.4, -0.2) is 5.11 Å². The molecule has 3 rings (SSSR count). The molecule has 1 nitrogen and oxygen atoms in total. The summed E-state index contributed by atoms with van der Waals surface area (Å²) < 4.78 is 0. The van der Waals surface area contributed by atoms with E-state index in [1.165, 1.54) is 35.1 Å². The Kier molecular flexibility index (Phi) is 2.85. The van der Waals surface area contributed by atoms with Gasteiger partial charge in [-0.2, -0.15) is 0 Å². The number of hydrogen-bond acceptors (Lipinski definition) is 1. The van der Waals surface area contributed by atoms with Crippen LogP contribution < -0.4 is 0 Å². The van der Waals surface area contributed by atoms with Gasteiger partial charge in [0.2, 0.25) is 0 Å². The molecule has 0 aliphatic heterocycles. The number of fused-ring (bicyclic) bond motifs is 1. The molecule has 1 atom stereocenters. The minimum atomic E-state index is 0.415. The molecule has 0 bridgehead atoms. The van der Waals surface area contributed by atoms with Gasteiger partial charge in [0.25, 0.3) is 0 Å². The van der Waals surface area contributed by atoms with E-state index in [1.54, 1.807) is 0 Å². The summed E-state index contributed by atoms with van der Waals surface area (Å²) in [5, 5.41) is 9.87. The SMILES string of the molecule is Cc1cc(-c2ccc3c(c2)C(C)CC3)cc(C)c1O. The first-order valence-electron chi connectivity index (χ1n) is 6.99. The summed E-state index contributed by atoms with van der Waals surface area (Å²) in [4.78, 5) is 0. The van der Waals surface area contributed by atoms with E-state index in [-0.39, 0.29) is 0 Å². The summed E-state index contributed by atoms with van der Waals surface area (Å²) in [6, 6.07) is 11.0. The fourth-order valence-electron chi connectivity index (χ4n) is 3.11. The van der Waals surface area contributed by atoms with Crippen LogP contribution in [0, 0.1) is 13.8 Å². The van der Waals surface area contributed by atoms with Crippen molar-refractivity contribution >= 4 is 0 Å². The Morgan fingerprint density at radius 3 is 2.37 bits per heavy atom. The Hall–Kier alpha value is -1.76. The van der Waals surface area contributed by atoms with Crippen molar-refractivity contribution in [3.63, 3.8) is 0 Å². The lowest BCUT2D eigenvalue weighted by Gasteiger charge is -2.11. The lowest BCUT2D eigenvalue weighted by molar-refractivity contribution is 0.467. The van der Waals surface area contributed by atoms with E-state index in [4.69, 9.17) is 0 Å². The monoisotopic (exact) mass is 252 g/mol. The van der Waals surface area contributed by atoms with Gasteiger partial charge >= 0.3 is 0 Å². The van der Waals surface area contributed by atoms with Crippen LogP contribution in [0.3, 0.4) is 0 Å². The maximum Gasteiger partial charge on any atom is 0.121 e. The van der Waals surface area contributed by atoms with Gasteiger partial charge < -0.3 is 5.11 Å². The molecule has 19 heavy (non-hydrogen) atoms. The highest BCUT2D eigenvalue weighted by Gasteiger charge is 2.19. The molecule has 2 aromatic carbocycles. The summed E-state index contributed by atoms with van der Waals surface area (Å²) in [7, 11) is 0. The van der Waals surface area contributed by atoms with E-state index in [1.807, 2.05) is 13.8 Å². The number of aryl methyl sites for hydroxylation is 3. The largest absolute Gasteiger partial charge is 0.507 e. The second kappa shape index (κ2) is 4.41. The van der Waals surface area contributed by atoms with Crippen molar-refractivity contribution in [3.8, 4) is 16.9 Å². The highest BCUT2D eigenvalue weighted by molar-refractivity contribution is 5.69. The topological polar surface area (TPSA) is 20.2 Å². The molecule has 0 saturated carbocycles. The van der Waals surface area contributed by atoms with Crippen molar-refractivity contribution in [1.82, 2.24) is 0 Å². The zero-order chi connectivity index (χ0) is 13.6. The third-order valence-corrected chi connectivity index (χ3v) is 4.35. The number of rotatable bonds is 1. The average molecular weight is 252 g/mol. The van der Waals surface area contributed by atoms with Gasteiger partial charge in [-0.05, 0) is 78.1 Å². The third-order valence-electron chi connectivity index (χ3n) is 4.35. The molecular weight excluding hydrogens is 232 g/mol. The minimum Gasteiger partial charge on any atom is -0.507 e. The van der Waals surface area contributed by atoms with Crippen molar-refractivity contribution in [1.29, 1.82) is 0 Å². The van der Waals surface area contributed by atoms with E-state index in [0.29, 0.717) is 11.7 Å². The maximum absolute atomic E-state index is 9.87. The molecule has 0 saturated heterocycles. The number of aromatic hydroxyl groups is 1. The zero-order valence-corrected chi connectivity index (χ0v) is 11.8. The Morgan fingerprint density at radius 2 is 1.68 bits per heavy atom. The number of phenols is 1. The molecule has 1 aliphatic rings. The Balaban J connectivity index is 2.11. The molecule has 1 heteroatoms. The van der Waals surface area contributed by atoms with Crippen LogP contribution in [0.15, 0.2) is 30.3 Å². The lowest BCUT2D eigenvalue weighted by atomic mass is 9.95. The highest BCUT2D eigenvalue weighted by atomic mass is 16.3. The Labute approximate surface area is 114 Å². The summed E-state index contributed by atoms with van der Waals surface area (Å²) >= 11 is 0. The first kappa shape index (κ1) is 12.3. The first-order chi connectivity index (χ1) is 9.06. The minimum absolute atomic E-state index is 0.415. The molecule has 0 radical (unpaired) electrons. The molecule has 2 aromatic rings.